The van der Waals surface area contributed by atoms with Gasteiger partial charge in [0.25, 0.3) is 0 Å². The van der Waals surface area contributed by atoms with Crippen LogP contribution in [-0.2, 0) is 5.41 Å². The SMILES string of the molecule is CCC(CC)c1cccc(N2CN(c3cc(Oc4ccc5c6ccccc6n(-c6cc(C(C)(C)C)ccn6)c5c4)cc(-c4ccccc4)c3)c3ccccc32)c1. The van der Waals surface area contributed by atoms with Crippen molar-refractivity contribution in [2.24, 2.45) is 0 Å². The summed E-state index contributed by atoms with van der Waals surface area (Å²) in [5.74, 6) is 3.00. The van der Waals surface area contributed by atoms with E-state index in [0.29, 0.717) is 12.6 Å². The lowest BCUT2D eigenvalue weighted by Crippen LogP contribution is -2.24. The van der Waals surface area contributed by atoms with Crippen LogP contribution in [0.25, 0.3) is 38.8 Å². The summed E-state index contributed by atoms with van der Waals surface area (Å²) in [7, 11) is 0. The Morgan fingerprint density at radius 2 is 1.30 bits per heavy atom. The number of nitrogens with zero attached hydrogens (tertiary/aromatic N) is 4. The van der Waals surface area contributed by atoms with Crippen molar-refractivity contribution in [1.29, 1.82) is 0 Å². The maximum atomic E-state index is 6.91. The molecule has 3 heterocycles. The van der Waals surface area contributed by atoms with Gasteiger partial charge >= 0.3 is 0 Å². The molecule has 0 bridgehead atoms. The van der Waals surface area contributed by atoms with Gasteiger partial charge in [-0.1, -0.05) is 107 Å². The van der Waals surface area contributed by atoms with Crippen LogP contribution in [-0.4, -0.2) is 16.2 Å². The molecule has 0 atom stereocenters. The summed E-state index contributed by atoms with van der Waals surface area (Å²) in [5, 5.41) is 2.35. The van der Waals surface area contributed by atoms with E-state index >= 15 is 0 Å². The molecule has 1 aliphatic heterocycles. The van der Waals surface area contributed by atoms with Gasteiger partial charge in [0.1, 0.15) is 24.0 Å². The van der Waals surface area contributed by atoms with Gasteiger partial charge in [-0.3, -0.25) is 4.57 Å². The molecule has 5 nitrogen and oxygen atoms in total. The summed E-state index contributed by atoms with van der Waals surface area (Å²) in [6.45, 7) is 12.0. The Balaban J connectivity index is 1.14. The van der Waals surface area contributed by atoms with Crippen LogP contribution in [0.2, 0.25) is 0 Å². The van der Waals surface area contributed by atoms with E-state index in [2.05, 4.69) is 201 Å². The zero-order valence-electron chi connectivity index (χ0n) is 32.9. The number of para-hydroxylation sites is 3. The number of anilines is 4. The standard InChI is InChI=1S/C51H48N4O/c1-6-35(7-2)37-18-15-19-40(28-37)53-34-54(48-23-14-13-22-47(48)53)41-29-38(36-16-9-8-10-17-36)30-43(32-41)56-42-24-25-45-44-20-11-12-21-46(44)55(49(45)33-42)50-31-39(26-27-52-50)51(3,4)5/h8-33,35H,6-7,34H2,1-5H3. The Labute approximate surface area is 330 Å². The van der Waals surface area contributed by atoms with Crippen LogP contribution in [0.3, 0.4) is 0 Å². The van der Waals surface area contributed by atoms with E-state index in [9.17, 15) is 0 Å². The van der Waals surface area contributed by atoms with Crippen molar-refractivity contribution in [3.05, 3.63) is 169 Å². The first-order valence-electron chi connectivity index (χ1n) is 19.9. The van der Waals surface area contributed by atoms with Crippen LogP contribution in [0.4, 0.5) is 22.7 Å². The minimum atomic E-state index is -0.00367. The second-order valence-electron chi connectivity index (χ2n) is 16.0. The predicted molar refractivity (Wildman–Crippen MR) is 235 cm³/mol. The smallest absolute Gasteiger partial charge is 0.137 e. The molecule has 0 unspecified atom stereocenters. The summed E-state index contributed by atoms with van der Waals surface area (Å²) in [6, 6.07) is 54.4. The van der Waals surface area contributed by atoms with Crippen LogP contribution in [0.15, 0.2) is 158 Å². The molecule has 0 aliphatic carbocycles. The molecule has 9 rings (SSSR count). The second-order valence-corrected chi connectivity index (χ2v) is 16.0. The van der Waals surface area contributed by atoms with E-state index in [1.54, 1.807) is 0 Å². The number of fused-ring (bicyclic) bond motifs is 4. The van der Waals surface area contributed by atoms with Crippen molar-refractivity contribution >= 4 is 44.6 Å². The molecule has 2 aromatic heterocycles. The molecular formula is C51H48N4O. The number of hydrogen-bond acceptors (Lipinski definition) is 4. The molecule has 0 amide bonds. The first kappa shape index (κ1) is 35.4. The molecule has 278 valence electrons. The molecule has 8 aromatic rings. The van der Waals surface area contributed by atoms with Crippen molar-refractivity contribution in [3.8, 4) is 28.4 Å². The normalized spacial score (nSPS) is 12.9. The maximum Gasteiger partial charge on any atom is 0.137 e. The first-order chi connectivity index (χ1) is 27.3. The zero-order valence-corrected chi connectivity index (χ0v) is 32.9. The van der Waals surface area contributed by atoms with Crippen LogP contribution >= 0.6 is 0 Å². The van der Waals surface area contributed by atoms with Crippen molar-refractivity contribution in [3.63, 3.8) is 0 Å². The summed E-state index contributed by atoms with van der Waals surface area (Å²) in [4.78, 5) is 9.74. The summed E-state index contributed by atoms with van der Waals surface area (Å²) < 4.78 is 9.18. The molecule has 5 heteroatoms. The van der Waals surface area contributed by atoms with E-state index in [0.717, 1.165) is 63.4 Å². The van der Waals surface area contributed by atoms with Gasteiger partial charge in [-0.2, -0.15) is 0 Å². The molecular weight excluding hydrogens is 685 g/mol. The van der Waals surface area contributed by atoms with Gasteiger partial charge in [-0.05, 0) is 113 Å². The molecule has 6 aromatic carbocycles. The van der Waals surface area contributed by atoms with Crippen molar-refractivity contribution in [2.75, 3.05) is 16.5 Å². The largest absolute Gasteiger partial charge is 0.457 e. The van der Waals surface area contributed by atoms with Crippen LogP contribution in [0.5, 0.6) is 11.5 Å². The lowest BCUT2D eigenvalue weighted by molar-refractivity contribution is 0.483. The Bertz CT molecular complexity index is 2680. The number of rotatable bonds is 9. The Morgan fingerprint density at radius 3 is 2.07 bits per heavy atom. The van der Waals surface area contributed by atoms with Gasteiger partial charge in [-0.15, -0.1) is 0 Å². The van der Waals surface area contributed by atoms with Crippen LogP contribution in [0, 0.1) is 0 Å². The number of hydrogen-bond donors (Lipinski definition) is 0. The van der Waals surface area contributed by atoms with Crippen molar-refractivity contribution in [1.82, 2.24) is 9.55 Å². The maximum absolute atomic E-state index is 6.91. The van der Waals surface area contributed by atoms with Gasteiger partial charge in [0.05, 0.1) is 22.4 Å². The fraction of sp³-hybridized carbons (Fsp3) is 0.196. The third-order valence-electron chi connectivity index (χ3n) is 11.4. The fourth-order valence-electron chi connectivity index (χ4n) is 8.36. The highest BCUT2D eigenvalue weighted by Crippen LogP contribution is 2.46. The van der Waals surface area contributed by atoms with E-state index in [1.807, 2.05) is 6.20 Å². The second kappa shape index (κ2) is 14.4. The third kappa shape index (κ3) is 6.47. The molecule has 0 N–H and O–H groups in total. The molecule has 0 fully saturated rings. The van der Waals surface area contributed by atoms with Gasteiger partial charge < -0.3 is 14.5 Å². The fourth-order valence-corrected chi connectivity index (χ4v) is 8.36. The highest BCUT2D eigenvalue weighted by Gasteiger charge is 2.29. The Morgan fingerprint density at radius 1 is 0.589 bits per heavy atom. The highest BCUT2D eigenvalue weighted by molar-refractivity contribution is 6.09. The molecule has 0 spiro atoms. The number of aromatic nitrogens is 2. The lowest BCUT2D eigenvalue weighted by Gasteiger charge is -2.24. The summed E-state index contributed by atoms with van der Waals surface area (Å²) in [5.41, 5.74) is 11.7. The summed E-state index contributed by atoms with van der Waals surface area (Å²) in [6.07, 6.45) is 4.19. The van der Waals surface area contributed by atoms with Crippen molar-refractivity contribution in [2.45, 2.75) is 58.8 Å². The number of benzene rings is 6. The molecule has 56 heavy (non-hydrogen) atoms. The average Bonchev–Trinajstić information content (AvgIpc) is 3.78. The van der Waals surface area contributed by atoms with E-state index < -0.39 is 0 Å². The Kier molecular flexibility index (Phi) is 9.09. The number of pyridine rings is 1. The monoisotopic (exact) mass is 732 g/mol. The van der Waals surface area contributed by atoms with Gasteiger partial charge in [-0.25, -0.2) is 4.98 Å². The van der Waals surface area contributed by atoms with E-state index in [4.69, 9.17) is 9.72 Å². The minimum Gasteiger partial charge on any atom is -0.457 e. The van der Waals surface area contributed by atoms with Crippen LogP contribution in [0.1, 0.15) is 64.5 Å². The average molecular weight is 733 g/mol. The lowest BCUT2D eigenvalue weighted by atomic mass is 9.88. The first-order valence-corrected chi connectivity index (χ1v) is 19.9. The zero-order chi connectivity index (χ0) is 38.4. The molecule has 0 saturated carbocycles. The predicted octanol–water partition coefficient (Wildman–Crippen LogP) is 14.1. The van der Waals surface area contributed by atoms with E-state index in [1.165, 1.54) is 33.6 Å². The molecule has 0 saturated heterocycles. The van der Waals surface area contributed by atoms with Crippen molar-refractivity contribution < 1.29 is 4.74 Å². The Hall–Kier alpha value is -6.33. The van der Waals surface area contributed by atoms with E-state index in [-0.39, 0.29) is 5.41 Å². The third-order valence-corrected chi connectivity index (χ3v) is 11.4. The quantitative estimate of drug-likeness (QED) is 0.148. The number of ether oxygens (including phenoxy) is 1. The molecule has 1 aliphatic rings. The van der Waals surface area contributed by atoms with Gasteiger partial charge in [0.15, 0.2) is 0 Å². The minimum absolute atomic E-state index is 0.00367. The summed E-state index contributed by atoms with van der Waals surface area (Å²) >= 11 is 0. The van der Waals surface area contributed by atoms with Gasteiger partial charge in [0, 0.05) is 40.5 Å². The molecule has 0 radical (unpaired) electrons. The van der Waals surface area contributed by atoms with Gasteiger partial charge in [0.2, 0.25) is 0 Å². The topological polar surface area (TPSA) is 33.5 Å². The van der Waals surface area contributed by atoms with Crippen LogP contribution < -0.4 is 14.5 Å². The highest BCUT2D eigenvalue weighted by atomic mass is 16.5.